The van der Waals surface area contributed by atoms with Crippen LogP contribution in [0.3, 0.4) is 0 Å². The third-order valence-corrected chi connectivity index (χ3v) is 2.61. The monoisotopic (exact) mass is 276 g/mol. The lowest BCUT2D eigenvalue weighted by molar-refractivity contribution is -0.207. The molecule has 1 aromatic carbocycles. The van der Waals surface area contributed by atoms with Crippen molar-refractivity contribution in [3.63, 3.8) is 0 Å². The average Bonchev–Trinajstić information content (AvgIpc) is 2.24. The van der Waals surface area contributed by atoms with Crippen molar-refractivity contribution in [1.82, 2.24) is 0 Å². The predicted molar refractivity (Wildman–Crippen MR) is 67.3 cm³/mol. The molecule has 2 nitrogen and oxygen atoms in total. The fourth-order valence-corrected chi connectivity index (χ4v) is 1.81. The molecule has 1 atom stereocenters. The first-order chi connectivity index (χ1) is 8.62. The molecule has 1 N–H and O–H groups in total. The summed E-state index contributed by atoms with van der Waals surface area (Å²) in [5.74, 6) is 0.320. The molecule has 0 amide bonds. The molecule has 1 rings (SSSR count). The molecule has 0 fully saturated rings. The molecule has 1 unspecified atom stereocenters. The molecular formula is C14H19F3O2. The van der Waals surface area contributed by atoms with Crippen molar-refractivity contribution in [2.75, 3.05) is 6.61 Å². The Morgan fingerprint density at radius 1 is 1.21 bits per heavy atom. The normalized spacial score (nSPS) is 13.7. The number of halogens is 3. The molecule has 0 spiro atoms. The zero-order valence-electron chi connectivity index (χ0n) is 11.5. The van der Waals surface area contributed by atoms with Crippen LogP contribution in [0.2, 0.25) is 0 Å². The van der Waals surface area contributed by atoms with Crippen LogP contribution < -0.4 is 4.74 Å². The third kappa shape index (κ3) is 4.13. The smallest absolute Gasteiger partial charge is 0.418 e. The van der Waals surface area contributed by atoms with Gasteiger partial charge in [-0.3, -0.25) is 0 Å². The van der Waals surface area contributed by atoms with Crippen molar-refractivity contribution in [1.29, 1.82) is 0 Å². The van der Waals surface area contributed by atoms with Gasteiger partial charge in [0, 0.05) is 5.56 Å². The Morgan fingerprint density at radius 2 is 1.79 bits per heavy atom. The summed E-state index contributed by atoms with van der Waals surface area (Å²) in [5, 5.41) is 9.45. The van der Waals surface area contributed by atoms with Crippen molar-refractivity contribution in [2.24, 2.45) is 5.92 Å². The Hall–Kier alpha value is -1.23. The van der Waals surface area contributed by atoms with E-state index < -0.39 is 12.3 Å². The maximum absolute atomic E-state index is 12.7. The summed E-state index contributed by atoms with van der Waals surface area (Å²) in [4.78, 5) is 0. The van der Waals surface area contributed by atoms with Crippen LogP contribution >= 0.6 is 0 Å². The molecule has 0 saturated carbocycles. The van der Waals surface area contributed by atoms with E-state index in [-0.39, 0.29) is 17.2 Å². The van der Waals surface area contributed by atoms with Gasteiger partial charge in [-0.05, 0) is 31.4 Å². The van der Waals surface area contributed by atoms with E-state index in [4.69, 9.17) is 4.74 Å². The van der Waals surface area contributed by atoms with E-state index in [0.717, 1.165) is 0 Å². The van der Waals surface area contributed by atoms with Crippen LogP contribution in [0.25, 0.3) is 0 Å². The number of hydrogen-bond acceptors (Lipinski definition) is 2. The van der Waals surface area contributed by atoms with E-state index in [1.165, 1.54) is 6.07 Å². The molecule has 19 heavy (non-hydrogen) atoms. The highest BCUT2D eigenvalue weighted by Crippen LogP contribution is 2.39. The summed E-state index contributed by atoms with van der Waals surface area (Å²) in [5.41, 5.74) is 1.04. The van der Waals surface area contributed by atoms with Crippen LogP contribution in [0, 0.1) is 19.8 Å². The molecule has 0 aliphatic heterocycles. The lowest BCUT2D eigenvalue weighted by Crippen LogP contribution is -2.22. The number of benzene rings is 1. The number of aryl methyl sites for hydroxylation is 2. The van der Waals surface area contributed by atoms with E-state index in [1.54, 1.807) is 19.9 Å². The standard InChI is InChI=1S/C14H19F3O2/c1-8(2)7-19-12-10(4)5-9(3)6-11(12)13(18)14(15,16)17/h5-6,8,13,18H,7H2,1-4H3. The maximum Gasteiger partial charge on any atom is 0.418 e. The third-order valence-electron chi connectivity index (χ3n) is 2.61. The van der Waals surface area contributed by atoms with Gasteiger partial charge in [-0.1, -0.05) is 25.5 Å². The van der Waals surface area contributed by atoms with Crippen LogP contribution in [-0.4, -0.2) is 17.9 Å². The molecule has 0 aliphatic rings. The van der Waals surface area contributed by atoms with Crippen molar-refractivity contribution in [3.05, 3.63) is 28.8 Å². The molecule has 0 radical (unpaired) electrons. The van der Waals surface area contributed by atoms with Gasteiger partial charge in [0.25, 0.3) is 0 Å². The molecule has 0 aromatic heterocycles. The number of rotatable bonds is 4. The number of alkyl halides is 3. The van der Waals surface area contributed by atoms with E-state index in [9.17, 15) is 18.3 Å². The minimum atomic E-state index is -4.70. The van der Waals surface area contributed by atoms with Crippen molar-refractivity contribution in [3.8, 4) is 5.75 Å². The topological polar surface area (TPSA) is 29.5 Å². The number of ether oxygens (including phenoxy) is 1. The van der Waals surface area contributed by atoms with E-state index >= 15 is 0 Å². The first-order valence-corrected chi connectivity index (χ1v) is 6.11. The lowest BCUT2D eigenvalue weighted by Gasteiger charge is -2.21. The first kappa shape index (κ1) is 15.8. The van der Waals surface area contributed by atoms with E-state index in [1.807, 2.05) is 13.8 Å². The number of aliphatic hydroxyl groups is 1. The van der Waals surface area contributed by atoms with Gasteiger partial charge in [0.2, 0.25) is 0 Å². The molecule has 0 heterocycles. The van der Waals surface area contributed by atoms with Gasteiger partial charge in [-0.15, -0.1) is 0 Å². The number of hydrogen-bond donors (Lipinski definition) is 1. The van der Waals surface area contributed by atoms with Gasteiger partial charge in [0.15, 0.2) is 6.10 Å². The summed E-state index contributed by atoms with van der Waals surface area (Å²) in [7, 11) is 0. The fourth-order valence-electron chi connectivity index (χ4n) is 1.81. The van der Waals surface area contributed by atoms with Crippen LogP contribution in [-0.2, 0) is 0 Å². The Labute approximate surface area is 111 Å². The van der Waals surface area contributed by atoms with E-state index in [0.29, 0.717) is 17.7 Å². The van der Waals surface area contributed by atoms with Crippen LogP contribution in [0.5, 0.6) is 5.75 Å². The molecule has 108 valence electrons. The summed E-state index contributed by atoms with van der Waals surface area (Å²) in [6.45, 7) is 7.48. The quantitative estimate of drug-likeness (QED) is 0.902. The van der Waals surface area contributed by atoms with Crippen LogP contribution in [0.1, 0.15) is 36.6 Å². The van der Waals surface area contributed by atoms with Gasteiger partial charge < -0.3 is 9.84 Å². The van der Waals surface area contributed by atoms with Gasteiger partial charge in [0.05, 0.1) is 6.61 Å². The summed E-state index contributed by atoms with van der Waals surface area (Å²) >= 11 is 0. The predicted octanol–water partition coefficient (Wildman–Crippen LogP) is 3.93. The minimum absolute atomic E-state index is 0.129. The number of aliphatic hydroxyl groups excluding tert-OH is 1. The Bertz CT molecular complexity index is 439. The highest BCUT2D eigenvalue weighted by molar-refractivity contribution is 5.45. The van der Waals surface area contributed by atoms with Crippen molar-refractivity contribution < 1.29 is 23.0 Å². The second kappa shape index (κ2) is 5.82. The lowest BCUT2D eigenvalue weighted by atomic mass is 10.0. The van der Waals surface area contributed by atoms with Crippen LogP contribution in [0.15, 0.2) is 12.1 Å². The van der Waals surface area contributed by atoms with Crippen molar-refractivity contribution in [2.45, 2.75) is 40.0 Å². The van der Waals surface area contributed by atoms with E-state index in [2.05, 4.69) is 0 Å². The molecule has 0 saturated heterocycles. The second-order valence-electron chi connectivity index (χ2n) is 5.15. The van der Waals surface area contributed by atoms with Gasteiger partial charge >= 0.3 is 6.18 Å². The van der Waals surface area contributed by atoms with Crippen molar-refractivity contribution >= 4 is 0 Å². The molecule has 5 heteroatoms. The zero-order valence-corrected chi connectivity index (χ0v) is 11.5. The second-order valence-corrected chi connectivity index (χ2v) is 5.15. The highest BCUT2D eigenvalue weighted by atomic mass is 19.4. The van der Waals surface area contributed by atoms with Gasteiger partial charge in [-0.25, -0.2) is 0 Å². The first-order valence-electron chi connectivity index (χ1n) is 6.11. The van der Waals surface area contributed by atoms with Gasteiger partial charge in [0.1, 0.15) is 5.75 Å². The fraction of sp³-hybridized carbons (Fsp3) is 0.571. The van der Waals surface area contributed by atoms with Gasteiger partial charge in [-0.2, -0.15) is 13.2 Å². The highest BCUT2D eigenvalue weighted by Gasteiger charge is 2.41. The average molecular weight is 276 g/mol. The summed E-state index contributed by atoms with van der Waals surface area (Å²) in [6.07, 6.45) is -7.22. The molecule has 0 bridgehead atoms. The SMILES string of the molecule is Cc1cc(C)c(OCC(C)C)c(C(O)C(F)(F)F)c1. The Morgan fingerprint density at radius 3 is 2.26 bits per heavy atom. The maximum atomic E-state index is 12.7. The summed E-state index contributed by atoms with van der Waals surface area (Å²) in [6, 6.07) is 3.06. The molecule has 1 aromatic rings. The minimum Gasteiger partial charge on any atom is -0.493 e. The largest absolute Gasteiger partial charge is 0.493 e. The van der Waals surface area contributed by atoms with Crippen LogP contribution in [0.4, 0.5) is 13.2 Å². The molecule has 0 aliphatic carbocycles. The Balaban J connectivity index is 3.20. The zero-order chi connectivity index (χ0) is 14.8. The Kier molecular flexibility index (Phi) is 4.85. The summed E-state index contributed by atoms with van der Waals surface area (Å²) < 4.78 is 43.5. The molecular weight excluding hydrogens is 257 g/mol.